The molecule has 0 fully saturated rings. The van der Waals surface area contributed by atoms with Crippen molar-refractivity contribution in [3.63, 3.8) is 0 Å². The number of carbonyl (C=O) groups excluding carboxylic acids is 2. The van der Waals surface area contributed by atoms with Crippen LogP contribution in [0.3, 0.4) is 0 Å². The van der Waals surface area contributed by atoms with Crippen molar-refractivity contribution in [3.05, 3.63) is 0 Å². The van der Waals surface area contributed by atoms with E-state index in [0.29, 0.717) is 45.4 Å². The summed E-state index contributed by atoms with van der Waals surface area (Å²) < 4.78 is 0. The Morgan fingerprint density at radius 3 is 2.04 bits per heavy atom. The highest BCUT2D eigenvalue weighted by molar-refractivity contribution is 5.96. The van der Waals surface area contributed by atoms with E-state index in [1.165, 1.54) is 0 Å². The molecule has 25 heavy (non-hydrogen) atoms. The number of ketones is 1. The largest absolute Gasteiger partial charge is 0.345 e. The zero-order chi connectivity index (χ0) is 19.3. The Morgan fingerprint density at radius 2 is 1.52 bits per heavy atom. The van der Waals surface area contributed by atoms with Gasteiger partial charge in [0, 0.05) is 13.1 Å². The molecule has 9 N–H and O–H groups in total. The summed E-state index contributed by atoms with van der Waals surface area (Å²) in [6.07, 6.45) is 3.61. The maximum absolute atomic E-state index is 12.9. The van der Waals surface area contributed by atoms with Crippen molar-refractivity contribution in [3.8, 4) is 0 Å². The van der Waals surface area contributed by atoms with E-state index in [-0.39, 0.29) is 17.7 Å². The number of hydrogen-bond acceptors (Lipinski definition) is 7. The first-order valence-electron chi connectivity index (χ1n) is 9.21. The summed E-state index contributed by atoms with van der Waals surface area (Å²) in [5.74, 6) is -0.218. The third kappa shape index (κ3) is 9.27. The van der Waals surface area contributed by atoms with Gasteiger partial charge in [-0.05, 0) is 59.7 Å². The smallest absolute Gasteiger partial charge is 0.237 e. The highest BCUT2D eigenvalue weighted by Crippen LogP contribution is 2.12. The molecule has 0 aromatic rings. The molecule has 0 saturated carbocycles. The average Bonchev–Trinajstić information content (AvgIpc) is 2.59. The van der Waals surface area contributed by atoms with Crippen LogP contribution in [0.15, 0.2) is 0 Å². The number of unbranched alkanes of at least 4 members (excludes halogenated alkanes) is 1. The van der Waals surface area contributed by atoms with Gasteiger partial charge in [-0.1, -0.05) is 6.42 Å². The van der Waals surface area contributed by atoms with Crippen LogP contribution in [-0.4, -0.2) is 62.5 Å². The van der Waals surface area contributed by atoms with Gasteiger partial charge in [0.15, 0.2) is 5.78 Å². The second kappa shape index (κ2) is 13.2. The van der Waals surface area contributed by atoms with Crippen molar-refractivity contribution in [2.24, 2.45) is 17.2 Å². The molecule has 0 aromatic heterocycles. The highest BCUT2D eigenvalue weighted by atomic mass is 16.2. The van der Waals surface area contributed by atoms with Gasteiger partial charge in [0.05, 0.1) is 17.6 Å². The molecular formula is C17H38N6O2. The Labute approximate surface area is 152 Å². The molecule has 0 aliphatic heterocycles. The van der Waals surface area contributed by atoms with Crippen LogP contribution in [0.1, 0.15) is 46.0 Å². The molecule has 0 bridgehead atoms. The monoisotopic (exact) mass is 358 g/mol. The minimum Gasteiger partial charge on any atom is -0.345 e. The minimum atomic E-state index is -0.763. The molecule has 8 heteroatoms. The van der Waals surface area contributed by atoms with E-state index in [0.717, 1.165) is 12.8 Å². The summed E-state index contributed by atoms with van der Waals surface area (Å²) in [6, 6.07) is -0.901. The standard InChI is InChI=1S/C17H38N6O2/c1-17(2,22-12-11-20)15(24)13(8-6-10-19)23-16(25)14(21-3)7-4-5-9-18/h13-14,21-22H,4-12,18-20H2,1-3H3,(H,23,25). The van der Waals surface area contributed by atoms with Gasteiger partial charge in [0.25, 0.3) is 0 Å². The van der Waals surface area contributed by atoms with Crippen LogP contribution in [0, 0.1) is 0 Å². The Morgan fingerprint density at radius 1 is 0.920 bits per heavy atom. The second-order valence-corrected chi connectivity index (χ2v) is 6.82. The number of hydrogen-bond donors (Lipinski definition) is 6. The van der Waals surface area contributed by atoms with E-state index in [2.05, 4.69) is 16.0 Å². The van der Waals surface area contributed by atoms with Crippen LogP contribution in [0.25, 0.3) is 0 Å². The molecule has 0 heterocycles. The predicted molar refractivity (Wildman–Crippen MR) is 102 cm³/mol. The van der Waals surface area contributed by atoms with Gasteiger partial charge < -0.3 is 33.2 Å². The number of nitrogens with two attached hydrogens (primary N) is 3. The molecule has 8 nitrogen and oxygen atoms in total. The normalized spacial score (nSPS) is 14.2. The van der Waals surface area contributed by atoms with Crippen molar-refractivity contribution in [1.29, 1.82) is 0 Å². The Balaban J connectivity index is 4.94. The quantitative estimate of drug-likeness (QED) is 0.202. The third-order valence-corrected chi connectivity index (χ3v) is 4.27. The van der Waals surface area contributed by atoms with Gasteiger partial charge in [-0.25, -0.2) is 0 Å². The number of amides is 1. The molecule has 0 aromatic carbocycles. The van der Waals surface area contributed by atoms with E-state index in [1.807, 2.05) is 13.8 Å². The number of likely N-dealkylation sites (N-methyl/N-ethyl adjacent to an activating group) is 1. The van der Waals surface area contributed by atoms with Gasteiger partial charge in [-0.15, -0.1) is 0 Å². The lowest BCUT2D eigenvalue weighted by molar-refractivity contribution is -0.132. The molecule has 0 aliphatic rings. The van der Waals surface area contributed by atoms with Crippen molar-refractivity contribution in [2.75, 3.05) is 33.2 Å². The zero-order valence-corrected chi connectivity index (χ0v) is 16.1. The molecule has 1 amide bonds. The van der Waals surface area contributed by atoms with Crippen LogP contribution in [-0.2, 0) is 9.59 Å². The van der Waals surface area contributed by atoms with Crippen molar-refractivity contribution in [2.45, 2.75) is 63.6 Å². The summed E-state index contributed by atoms with van der Waals surface area (Å²) in [6.45, 7) is 5.68. The number of carbonyl (C=O) groups is 2. The molecule has 0 saturated heterocycles. The van der Waals surface area contributed by atoms with Gasteiger partial charge in [0.1, 0.15) is 0 Å². The molecule has 2 unspecified atom stereocenters. The van der Waals surface area contributed by atoms with E-state index in [9.17, 15) is 9.59 Å². The fourth-order valence-corrected chi connectivity index (χ4v) is 2.67. The van der Waals surface area contributed by atoms with E-state index in [1.54, 1.807) is 7.05 Å². The number of Topliss-reactive ketones (excluding diaryl/α,β-unsaturated/α-hetero) is 1. The van der Waals surface area contributed by atoms with E-state index in [4.69, 9.17) is 17.2 Å². The summed E-state index contributed by atoms with van der Waals surface area (Å²) in [4.78, 5) is 25.4. The van der Waals surface area contributed by atoms with Gasteiger partial charge in [-0.2, -0.15) is 0 Å². The predicted octanol–water partition coefficient (Wildman–Crippen LogP) is -1.18. The Hall–Kier alpha value is -1.06. The van der Waals surface area contributed by atoms with Gasteiger partial charge in [0.2, 0.25) is 5.91 Å². The maximum Gasteiger partial charge on any atom is 0.237 e. The number of nitrogens with one attached hydrogen (secondary N) is 3. The van der Waals surface area contributed by atoms with Gasteiger partial charge in [-0.3, -0.25) is 9.59 Å². The lowest BCUT2D eigenvalue weighted by Gasteiger charge is -2.31. The van der Waals surface area contributed by atoms with Crippen molar-refractivity contribution < 1.29 is 9.59 Å². The Bertz CT molecular complexity index is 389. The molecule has 0 aliphatic carbocycles. The van der Waals surface area contributed by atoms with Crippen molar-refractivity contribution in [1.82, 2.24) is 16.0 Å². The lowest BCUT2D eigenvalue weighted by Crippen LogP contribution is -2.58. The van der Waals surface area contributed by atoms with E-state index >= 15 is 0 Å². The SMILES string of the molecule is CNC(CCCCN)C(=O)NC(CCCN)C(=O)C(C)(C)NCCN. The summed E-state index contributed by atoms with van der Waals surface area (Å²) in [5, 5.41) is 9.05. The first kappa shape index (κ1) is 23.9. The molecule has 0 spiro atoms. The Kier molecular flexibility index (Phi) is 12.6. The molecule has 0 rings (SSSR count). The van der Waals surface area contributed by atoms with Crippen LogP contribution in [0.5, 0.6) is 0 Å². The van der Waals surface area contributed by atoms with Gasteiger partial charge >= 0.3 is 0 Å². The minimum absolute atomic E-state index is 0.0560. The number of rotatable bonds is 15. The molecular weight excluding hydrogens is 320 g/mol. The average molecular weight is 359 g/mol. The van der Waals surface area contributed by atoms with E-state index < -0.39 is 11.6 Å². The maximum atomic E-state index is 12.9. The fourth-order valence-electron chi connectivity index (χ4n) is 2.67. The second-order valence-electron chi connectivity index (χ2n) is 6.82. The summed E-state index contributed by atoms with van der Waals surface area (Å²) in [7, 11) is 1.75. The topological polar surface area (TPSA) is 148 Å². The highest BCUT2D eigenvalue weighted by Gasteiger charge is 2.34. The molecule has 0 radical (unpaired) electrons. The first-order valence-corrected chi connectivity index (χ1v) is 9.21. The lowest BCUT2D eigenvalue weighted by atomic mass is 9.90. The van der Waals surface area contributed by atoms with Crippen LogP contribution < -0.4 is 33.2 Å². The molecule has 148 valence electrons. The third-order valence-electron chi connectivity index (χ3n) is 4.27. The van der Waals surface area contributed by atoms with Crippen LogP contribution in [0.4, 0.5) is 0 Å². The molecule has 2 atom stereocenters. The summed E-state index contributed by atoms with van der Waals surface area (Å²) in [5.41, 5.74) is 15.8. The summed E-state index contributed by atoms with van der Waals surface area (Å²) >= 11 is 0. The first-order chi connectivity index (χ1) is 11.8. The zero-order valence-electron chi connectivity index (χ0n) is 16.1. The van der Waals surface area contributed by atoms with Crippen LogP contribution >= 0.6 is 0 Å². The fraction of sp³-hybridized carbons (Fsp3) is 0.882. The van der Waals surface area contributed by atoms with Crippen LogP contribution in [0.2, 0.25) is 0 Å². The van der Waals surface area contributed by atoms with Crippen molar-refractivity contribution >= 4 is 11.7 Å².